The average molecular weight is 380 g/mol. The normalized spacial score (nSPS) is 24.1. The summed E-state index contributed by atoms with van der Waals surface area (Å²) in [5.74, 6) is 0.320. The molecule has 1 aromatic carbocycles. The van der Waals surface area contributed by atoms with Crippen molar-refractivity contribution in [1.29, 1.82) is 0 Å². The van der Waals surface area contributed by atoms with Gasteiger partial charge >= 0.3 is 5.69 Å². The molecular formula is C20H33N3O4. The van der Waals surface area contributed by atoms with Crippen molar-refractivity contribution in [2.45, 2.75) is 58.8 Å². The van der Waals surface area contributed by atoms with Crippen LogP contribution in [-0.4, -0.2) is 61.4 Å². The fraction of sp³-hybridized carbons (Fsp3) is 0.700. The highest BCUT2D eigenvalue weighted by molar-refractivity contribution is 5.59. The van der Waals surface area contributed by atoms with Crippen LogP contribution in [0, 0.1) is 10.1 Å². The molecule has 1 aromatic rings. The molecule has 7 nitrogen and oxygen atoms in total. The maximum Gasteiger partial charge on any atom is 0.311 e. The summed E-state index contributed by atoms with van der Waals surface area (Å²) in [6, 6.07) is 5.72. The summed E-state index contributed by atoms with van der Waals surface area (Å²) >= 11 is 0. The van der Waals surface area contributed by atoms with E-state index in [9.17, 15) is 10.1 Å². The highest BCUT2D eigenvalue weighted by Gasteiger charge is 2.30. The topological polar surface area (TPSA) is 68.1 Å². The second-order valence-electron chi connectivity index (χ2n) is 7.04. The van der Waals surface area contributed by atoms with E-state index in [0.717, 1.165) is 44.7 Å². The van der Waals surface area contributed by atoms with E-state index in [1.807, 2.05) is 19.9 Å². The molecule has 3 rings (SSSR count). The van der Waals surface area contributed by atoms with E-state index >= 15 is 0 Å². The third-order valence-electron chi connectivity index (χ3n) is 5.15. The van der Waals surface area contributed by atoms with Crippen LogP contribution in [0.5, 0.6) is 5.75 Å². The second-order valence-corrected chi connectivity index (χ2v) is 7.04. The molecule has 152 valence electrons. The van der Waals surface area contributed by atoms with Crippen molar-refractivity contribution in [2.24, 2.45) is 0 Å². The van der Waals surface area contributed by atoms with Crippen LogP contribution in [0.15, 0.2) is 18.2 Å². The van der Waals surface area contributed by atoms with E-state index in [-0.39, 0.29) is 5.69 Å². The summed E-state index contributed by atoms with van der Waals surface area (Å²) in [5, 5.41) is 11.0. The Morgan fingerprint density at radius 2 is 1.74 bits per heavy atom. The van der Waals surface area contributed by atoms with Crippen LogP contribution in [0.1, 0.15) is 40.5 Å². The molecule has 2 fully saturated rings. The van der Waals surface area contributed by atoms with Gasteiger partial charge < -0.3 is 14.4 Å². The highest BCUT2D eigenvalue weighted by atomic mass is 16.6. The van der Waals surface area contributed by atoms with Crippen molar-refractivity contribution in [1.82, 2.24) is 4.90 Å². The zero-order valence-corrected chi connectivity index (χ0v) is 17.2. The Bertz CT molecular complexity index is 607. The fourth-order valence-electron chi connectivity index (χ4n) is 4.02. The van der Waals surface area contributed by atoms with Crippen LogP contribution in [0.4, 0.5) is 11.4 Å². The number of ether oxygens (including phenoxy) is 2. The van der Waals surface area contributed by atoms with Gasteiger partial charge in [0, 0.05) is 50.0 Å². The average Bonchev–Trinajstić information content (AvgIpc) is 2.68. The molecule has 2 aliphatic rings. The van der Waals surface area contributed by atoms with Crippen LogP contribution in [0.2, 0.25) is 0 Å². The van der Waals surface area contributed by atoms with Gasteiger partial charge in [0.15, 0.2) is 5.75 Å². The van der Waals surface area contributed by atoms with E-state index in [4.69, 9.17) is 9.47 Å². The number of rotatable bonds is 4. The number of hydrogen-bond acceptors (Lipinski definition) is 6. The fourth-order valence-corrected chi connectivity index (χ4v) is 4.02. The number of methoxy groups -OCH3 is 1. The van der Waals surface area contributed by atoms with Crippen molar-refractivity contribution >= 4 is 11.4 Å². The van der Waals surface area contributed by atoms with Gasteiger partial charge in [-0.05, 0) is 32.8 Å². The minimum absolute atomic E-state index is 0.0115. The van der Waals surface area contributed by atoms with Gasteiger partial charge in [-0.3, -0.25) is 15.0 Å². The molecule has 0 bridgehead atoms. The maximum absolute atomic E-state index is 11.0. The Hall–Kier alpha value is -1.86. The summed E-state index contributed by atoms with van der Waals surface area (Å²) < 4.78 is 11.0. The molecule has 0 spiro atoms. The van der Waals surface area contributed by atoms with Crippen LogP contribution in [-0.2, 0) is 4.74 Å². The predicted octanol–water partition coefficient (Wildman–Crippen LogP) is 3.71. The molecule has 2 heterocycles. The lowest BCUT2D eigenvalue weighted by atomic mass is 10.0. The summed E-state index contributed by atoms with van der Waals surface area (Å²) in [6.07, 6.45) is 2.78. The van der Waals surface area contributed by atoms with Crippen molar-refractivity contribution in [3.63, 3.8) is 0 Å². The lowest BCUT2D eigenvalue weighted by Crippen LogP contribution is -2.53. The maximum atomic E-state index is 11.0. The highest BCUT2D eigenvalue weighted by Crippen LogP contribution is 2.33. The molecule has 2 atom stereocenters. The number of hydrogen-bond donors (Lipinski definition) is 0. The lowest BCUT2D eigenvalue weighted by molar-refractivity contribution is -0.385. The minimum Gasteiger partial charge on any atom is -0.490 e. The SMILES string of the molecule is CC.COc1cc(N2CCC(N3CC(C)OC(C)C3)CC2)ccc1[N+](=O)[O-]. The van der Waals surface area contributed by atoms with Crippen molar-refractivity contribution < 1.29 is 14.4 Å². The summed E-state index contributed by atoms with van der Waals surface area (Å²) in [4.78, 5) is 15.5. The van der Waals surface area contributed by atoms with Crippen molar-refractivity contribution in [3.05, 3.63) is 28.3 Å². The Labute approximate surface area is 162 Å². The number of piperidine rings is 1. The van der Waals surface area contributed by atoms with E-state index in [0.29, 0.717) is 24.0 Å². The van der Waals surface area contributed by atoms with Gasteiger partial charge in [-0.1, -0.05) is 13.8 Å². The number of nitrogens with zero attached hydrogens (tertiary/aromatic N) is 3. The van der Waals surface area contributed by atoms with Gasteiger partial charge in [0.05, 0.1) is 24.2 Å². The molecule has 0 radical (unpaired) electrons. The molecule has 2 unspecified atom stereocenters. The first kappa shape index (κ1) is 21.4. The second kappa shape index (κ2) is 9.90. The van der Waals surface area contributed by atoms with Gasteiger partial charge in [-0.25, -0.2) is 0 Å². The number of benzene rings is 1. The monoisotopic (exact) mass is 379 g/mol. The quantitative estimate of drug-likeness (QED) is 0.587. The Morgan fingerprint density at radius 1 is 1.15 bits per heavy atom. The van der Waals surface area contributed by atoms with Crippen molar-refractivity contribution in [2.75, 3.05) is 38.2 Å². The van der Waals surface area contributed by atoms with Crippen molar-refractivity contribution in [3.8, 4) is 5.75 Å². The third kappa shape index (κ3) is 5.32. The van der Waals surface area contributed by atoms with Gasteiger partial charge in [-0.15, -0.1) is 0 Å². The number of morpholine rings is 1. The standard InChI is InChI=1S/C18H27N3O4.C2H6/c1-13-11-20(12-14(2)25-13)15-6-8-19(9-7-15)16-4-5-17(21(22)23)18(10-16)24-3;1-2/h4-5,10,13-15H,6-9,11-12H2,1-3H3;1-2H3. The van der Waals surface area contributed by atoms with Crippen LogP contribution < -0.4 is 9.64 Å². The molecule has 2 aliphatic heterocycles. The number of anilines is 1. The van der Waals surface area contributed by atoms with Crippen LogP contribution >= 0.6 is 0 Å². The van der Waals surface area contributed by atoms with E-state index in [1.54, 1.807) is 6.07 Å². The molecule has 0 aromatic heterocycles. The van der Waals surface area contributed by atoms with Gasteiger partial charge in [0.25, 0.3) is 0 Å². The molecule has 27 heavy (non-hydrogen) atoms. The molecule has 0 aliphatic carbocycles. The van der Waals surface area contributed by atoms with E-state index in [2.05, 4.69) is 23.6 Å². The molecule has 0 N–H and O–H groups in total. The molecular weight excluding hydrogens is 346 g/mol. The first-order valence-electron chi connectivity index (χ1n) is 9.94. The summed E-state index contributed by atoms with van der Waals surface area (Å²) in [5.41, 5.74) is 1.00. The van der Waals surface area contributed by atoms with E-state index < -0.39 is 4.92 Å². The molecule has 0 saturated carbocycles. The predicted molar refractivity (Wildman–Crippen MR) is 108 cm³/mol. The van der Waals surface area contributed by atoms with Gasteiger partial charge in [-0.2, -0.15) is 0 Å². The van der Waals surface area contributed by atoms with Crippen LogP contribution in [0.25, 0.3) is 0 Å². The first-order chi connectivity index (χ1) is 13.0. The summed E-state index contributed by atoms with van der Waals surface area (Å²) in [6.45, 7) is 12.2. The van der Waals surface area contributed by atoms with Gasteiger partial charge in [0.1, 0.15) is 0 Å². The Morgan fingerprint density at radius 3 is 2.26 bits per heavy atom. The lowest BCUT2D eigenvalue weighted by Gasteiger charge is -2.44. The zero-order chi connectivity index (χ0) is 20.0. The third-order valence-corrected chi connectivity index (χ3v) is 5.15. The molecule has 0 amide bonds. The molecule has 2 saturated heterocycles. The zero-order valence-electron chi connectivity index (χ0n) is 17.2. The van der Waals surface area contributed by atoms with Gasteiger partial charge in [0.2, 0.25) is 0 Å². The number of nitro groups is 1. The largest absolute Gasteiger partial charge is 0.490 e. The van der Waals surface area contributed by atoms with Crippen LogP contribution in [0.3, 0.4) is 0 Å². The summed E-state index contributed by atoms with van der Waals surface area (Å²) in [7, 11) is 1.47. The Kier molecular flexibility index (Phi) is 7.86. The van der Waals surface area contributed by atoms with E-state index in [1.165, 1.54) is 13.2 Å². The minimum atomic E-state index is -0.407. The smallest absolute Gasteiger partial charge is 0.311 e. The molecule has 7 heteroatoms. The Balaban J connectivity index is 0.00000126. The number of nitro benzene ring substituents is 1. The first-order valence-corrected chi connectivity index (χ1v) is 9.94.